The molecular formula is C18H19Cl2N3O3. The van der Waals surface area contributed by atoms with Crippen molar-refractivity contribution < 1.29 is 14.7 Å². The summed E-state index contributed by atoms with van der Waals surface area (Å²) < 4.78 is 1.62. The Morgan fingerprint density at radius 2 is 2.00 bits per heavy atom. The smallest absolute Gasteiger partial charge is 0.308 e. The number of aromatic nitrogens is 2. The zero-order valence-electron chi connectivity index (χ0n) is 14.1. The van der Waals surface area contributed by atoms with E-state index in [1.807, 2.05) is 37.3 Å². The molecule has 1 aliphatic heterocycles. The van der Waals surface area contributed by atoms with Crippen LogP contribution in [0.1, 0.15) is 17.7 Å². The van der Waals surface area contributed by atoms with Gasteiger partial charge in [0, 0.05) is 24.7 Å². The van der Waals surface area contributed by atoms with Gasteiger partial charge in [-0.3, -0.25) is 9.59 Å². The quantitative estimate of drug-likeness (QED) is 0.806. The summed E-state index contributed by atoms with van der Waals surface area (Å²) in [5.41, 5.74) is 2.22. The summed E-state index contributed by atoms with van der Waals surface area (Å²) in [5.74, 6) is -1.56. The summed E-state index contributed by atoms with van der Waals surface area (Å²) >= 11 is 6.42. The summed E-state index contributed by atoms with van der Waals surface area (Å²) in [6.45, 7) is 2.52. The molecule has 1 saturated heterocycles. The highest BCUT2D eigenvalue weighted by Crippen LogP contribution is 2.25. The van der Waals surface area contributed by atoms with Crippen LogP contribution in [0, 0.1) is 12.8 Å². The van der Waals surface area contributed by atoms with E-state index in [0.29, 0.717) is 29.4 Å². The number of carbonyl (C=O) groups is 2. The van der Waals surface area contributed by atoms with Crippen molar-refractivity contribution in [3.8, 4) is 5.69 Å². The Morgan fingerprint density at radius 3 is 2.62 bits per heavy atom. The molecule has 1 aromatic carbocycles. The summed E-state index contributed by atoms with van der Waals surface area (Å²) in [5, 5.41) is 13.9. The van der Waals surface area contributed by atoms with Crippen LogP contribution in [-0.4, -0.2) is 44.8 Å². The second kappa shape index (κ2) is 8.38. The summed E-state index contributed by atoms with van der Waals surface area (Å²) in [6.07, 6.45) is 3.55. The average molecular weight is 396 g/mol. The van der Waals surface area contributed by atoms with Crippen molar-refractivity contribution in [2.24, 2.45) is 5.92 Å². The highest BCUT2D eigenvalue weighted by Gasteiger charge is 2.29. The number of rotatable bonds is 4. The average Bonchev–Trinajstić information content (AvgIpc) is 3.20. The molecule has 1 atom stereocenters. The number of nitrogens with zero attached hydrogens (tertiary/aromatic N) is 3. The molecule has 26 heavy (non-hydrogen) atoms. The zero-order chi connectivity index (χ0) is 18.0. The predicted molar refractivity (Wildman–Crippen MR) is 102 cm³/mol. The third kappa shape index (κ3) is 4.08. The molecule has 2 aromatic rings. The van der Waals surface area contributed by atoms with Crippen molar-refractivity contribution in [2.45, 2.75) is 13.3 Å². The number of likely N-dealkylation sites (tertiary alicyclic amines) is 1. The lowest BCUT2D eigenvalue weighted by Gasteiger charge is -2.12. The van der Waals surface area contributed by atoms with Gasteiger partial charge < -0.3 is 10.0 Å². The van der Waals surface area contributed by atoms with Crippen LogP contribution in [0.25, 0.3) is 11.8 Å². The molecule has 8 heteroatoms. The third-order valence-corrected chi connectivity index (χ3v) is 4.65. The van der Waals surface area contributed by atoms with Gasteiger partial charge in [-0.2, -0.15) is 5.10 Å². The number of halogens is 2. The Balaban J connectivity index is 0.00000243. The van der Waals surface area contributed by atoms with Crippen molar-refractivity contribution in [3.05, 3.63) is 52.8 Å². The molecule has 1 fully saturated rings. The number of amides is 1. The maximum atomic E-state index is 12.3. The van der Waals surface area contributed by atoms with E-state index in [2.05, 4.69) is 5.10 Å². The Bertz CT molecular complexity index is 834. The first-order valence-electron chi connectivity index (χ1n) is 7.97. The Kier molecular flexibility index (Phi) is 6.45. The fourth-order valence-electron chi connectivity index (χ4n) is 2.86. The lowest BCUT2D eigenvalue weighted by molar-refractivity contribution is -0.141. The lowest BCUT2D eigenvalue weighted by Crippen LogP contribution is -2.28. The number of aryl methyl sites for hydroxylation is 1. The van der Waals surface area contributed by atoms with Crippen molar-refractivity contribution in [1.82, 2.24) is 14.7 Å². The number of aliphatic carboxylic acids is 1. The van der Waals surface area contributed by atoms with Crippen molar-refractivity contribution in [2.75, 3.05) is 13.1 Å². The summed E-state index contributed by atoms with van der Waals surface area (Å²) in [4.78, 5) is 24.8. The van der Waals surface area contributed by atoms with Crippen LogP contribution in [-0.2, 0) is 9.59 Å². The van der Waals surface area contributed by atoms with E-state index in [1.54, 1.807) is 15.7 Å². The van der Waals surface area contributed by atoms with Gasteiger partial charge in [0.25, 0.3) is 0 Å². The Hall–Kier alpha value is -2.31. The molecule has 0 saturated carbocycles. The number of para-hydroxylation sites is 1. The molecule has 0 bridgehead atoms. The highest BCUT2D eigenvalue weighted by atomic mass is 35.5. The molecule has 1 unspecified atom stereocenters. The molecule has 138 valence electrons. The SMILES string of the molecule is Cc1nn(-c2ccccc2)c(Cl)c1/C=C/C(=O)N1CCC(C(=O)O)C1.Cl. The topological polar surface area (TPSA) is 75.4 Å². The van der Waals surface area contributed by atoms with Crippen molar-refractivity contribution in [1.29, 1.82) is 0 Å². The van der Waals surface area contributed by atoms with Gasteiger partial charge in [0.05, 0.1) is 17.3 Å². The maximum Gasteiger partial charge on any atom is 0.308 e. The highest BCUT2D eigenvalue weighted by molar-refractivity contribution is 6.31. The fourth-order valence-corrected chi connectivity index (χ4v) is 3.20. The molecule has 0 aliphatic carbocycles. The first-order chi connectivity index (χ1) is 12.0. The van der Waals surface area contributed by atoms with Gasteiger partial charge in [-0.15, -0.1) is 12.4 Å². The minimum Gasteiger partial charge on any atom is -0.481 e. The zero-order valence-corrected chi connectivity index (χ0v) is 15.7. The number of benzene rings is 1. The van der Waals surface area contributed by atoms with E-state index in [-0.39, 0.29) is 24.9 Å². The number of carboxylic acid groups (broad SMARTS) is 1. The van der Waals surface area contributed by atoms with Crippen LogP contribution >= 0.6 is 24.0 Å². The summed E-state index contributed by atoms with van der Waals surface area (Å²) in [6, 6.07) is 9.50. The van der Waals surface area contributed by atoms with E-state index in [4.69, 9.17) is 16.7 Å². The van der Waals surface area contributed by atoms with Gasteiger partial charge in [-0.1, -0.05) is 29.8 Å². The van der Waals surface area contributed by atoms with E-state index in [1.165, 1.54) is 6.08 Å². The van der Waals surface area contributed by atoms with Crippen LogP contribution in [0.5, 0.6) is 0 Å². The van der Waals surface area contributed by atoms with E-state index in [0.717, 1.165) is 5.69 Å². The Morgan fingerprint density at radius 1 is 1.31 bits per heavy atom. The van der Waals surface area contributed by atoms with Crippen LogP contribution in [0.4, 0.5) is 0 Å². The third-order valence-electron chi connectivity index (χ3n) is 4.29. The first-order valence-corrected chi connectivity index (χ1v) is 8.35. The minimum absolute atomic E-state index is 0. The molecule has 6 nitrogen and oxygen atoms in total. The van der Waals surface area contributed by atoms with Gasteiger partial charge in [0.1, 0.15) is 5.15 Å². The molecule has 2 heterocycles. The molecule has 0 spiro atoms. The molecule has 1 aliphatic rings. The normalized spacial score (nSPS) is 16.7. The van der Waals surface area contributed by atoms with Crippen molar-refractivity contribution in [3.63, 3.8) is 0 Å². The van der Waals surface area contributed by atoms with Gasteiger partial charge >= 0.3 is 5.97 Å². The predicted octanol–water partition coefficient (Wildman–Crippen LogP) is 3.20. The van der Waals surface area contributed by atoms with E-state index >= 15 is 0 Å². The van der Waals surface area contributed by atoms with Crippen molar-refractivity contribution >= 4 is 42.0 Å². The second-order valence-electron chi connectivity index (χ2n) is 5.98. The minimum atomic E-state index is -0.859. The van der Waals surface area contributed by atoms with Crippen LogP contribution < -0.4 is 0 Å². The lowest BCUT2D eigenvalue weighted by atomic mass is 10.1. The first kappa shape index (κ1) is 20.0. The standard InChI is InChI=1S/C18H18ClN3O3.ClH/c1-12-15(17(19)22(20-12)14-5-3-2-4-6-14)7-8-16(23)21-10-9-13(11-21)18(24)25;/h2-8,13H,9-11H2,1H3,(H,24,25);1H/b8-7+;. The number of hydrogen-bond donors (Lipinski definition) is 1. The van der Waals surface area contributed by atoms with E-state index in [9.17, 15) is 9.59 Å². The molecule has 1 N–H and O–H groups in total. The van der Waals surface area contributed by atoms with Crippen LogP contribution in [0.2, 0.25) is 5.15 Å². The monoisotopic (exact) mass is 395 g/mol. The van der Waals surface area contributed by atoms with Gasteiger partial charge in [-0.25, -0.2) is 4.68 Å². The van der Waals surface area contributed by atoms with Gasteiger partial charge in [0.15, 0.2) is 0 Å². The molecule has 3 rings (SSSR count). The van der Waals surface area contributed by atoms with E-state index < -0.39 is 11.9 Å². The molecular weight excluding hydrogens is 377 g/mol. The Labute approximate surface area is 162 Å². The van der Waals surface area contributed by atoms with Gasteiger partial charge in [-0.05, 0) is 31.6 Å². The molecule has 0 radical (unpaired) electrons. The largest absolute Gasteiger partial charge is 0.481 e. The van der Waals surface area contributed by atoms with Gasteiger partial charge in [0.2, 0.25) is 5.91 Å². The number of carbonyl (C=O) groups excluding carboxylic acids is 1. The fraction of sp³-hybridized carbons (Fsp3) is 0.278. The van der Waals surface area contributed by atoms with Crippen LogP contribution in [0.15, 0.2) is 36.4 Å². The maximum absolute atomic E-state index is 12.3. The molecule has 1 aromatic heterocycles. The number of hydrogen-bond acceptors (Lipinski definition) is 3. The second-order valence-corrected chi connectivity index (χ2v) is 6.34. The van der Waals surface area contributed by atoms with Crippen LogP contribution in [0.3, 0.4) is 0 Å². The summed E-state index contributed by atoms with van der Waals surface area (Å²) in [7, 11) is 0. The number of carboxylic acids is 1. The molecule has 1 amide bonds.